The van der Waals surface area contributed by atoms with Gasteiger partial charge < -0.3 is 10.2 Å². The fraction of sp³-hybridized carbons (Fsp3) is 0.400. The fourth-order valence-corrected chi connectivity index (χ4v) is 5.99. The van der Waals surface area contributed by atoms with Gasteiger partial charge in [-0.05, 0) is 60.4 Å². The molecule has 0 saturated heterocycles. The van der Waals surface area contributed by atoms with Crippen LogP contribution in [0.1, 0.15) is 66.7 Å². The molecule has 0 amide bonds. The molecule has 1 heterocycles. The predicted molar refractivity (Wildman–Crippen MR) is 135 cm³/mol. The van der Waals surface area contributed by atoms with Crippen LogP contribution in [-0.2, 0) is 18.5 Å². The molecule has 2 nitrogen and oxygen atoms in total. The number of hydrogen-bond donors (Lipinski definition) is 1. The molecule has 3 aromatic rings. The molecule has 0 aromatic heterocycles. The van der Waals surface area contributed by atoms with Crippen LogP contribution in [0.5, 0.6) is 0 Å². The Kier molecular flexibility index (Phi) is 6.50. The summed E-state index contributed by atoms with van der Waals surface area (Å²) >= 11 is 0. The van der Waals surface area contributed by atoms with Gasteiger partial charge in [-0.15, -0.1) is 0 Å². The van der Waals surface area contributed by atoms with Crippen LogP contribution in [-0.4, -0.2) is 13.6 Å². The van der Waals surface area contributed by atoms with Gasteiger partial charge in [0.2, 0.25) is 0 Å². The summed E-state index contributed by atoms with van der Waals surface area (Å²) in [5.74, 6) is 0.477. The summed E-state index contributed by atoms with van der Waals surface area (Å²) < 4.78 is 14.8. The molecule has 1 aliphatic carbocycles. The number of nitrogens with one attached hydrogen (secondary N) is 1. The molecule has 1 fully saturated rings. The molecule has 3 aromatic carbocycles. The van der Waals surface area contributed by atoms with E-state index in [9.17, 15) is 4.39 Å². The third kappa shape index (κ3) is 4.70. The highest BCUT2D eigenvalue weighted by molar-refractivity contribution is 5.56. The van der Waals surface area contributed by atoms with Crippen LogP contribution in [0.4, 0.5) is 10.1 Å². The smallest absolute Gasteiger partial charge is 0.128 e. The fourth-order valence-electron chi connectivity index (χ4n) is 5.99. The Bertz CT molecular complexity index is 1090. The zero-order chi connectivity index (χ0) is 22.7. The zero-order valence-corrected chi connectivity index (χ0v) is 19.7. The monoisotopic (exact) mass is 442 g/mol. The van der Waals surface area contributed by atoms with Crippen molar-refractivity contribution >= 4 is 5.69 Å². The third-order valence-corrected chi connectivity index (χ3v) is 7.80. The second-order valence-corrected chi connectivity index (χ2v) is 9.97. The van der Waals surface area contributed by atoms with Gasteiger partial charge in [-0.25, -0.2) is 4.39 Å². The second-order valence-electron chi connectivity index (χ2n) is 9.97. The van der Waals surface area contributed by atoms with E-state index in [1.807, 2.05) is 12.1 Å². The van der Waals surface area contributed by atoms with E-state index in [1.165, 1.54) is 35.2 Å². The molecular weight excluding hydrogens is 407 g/mol. The van der Waals surface area contributed by atoms with Gasteiger partial charge >= 0.3 is 0 Å². The van der Waals surface area contributed by atoms with Crippen molar-refractivity contribution < 1.29 is 4.39 Å². The number of rotatable bonds is 6. The van der Waals surface area contributed by atoms with Crippen LogP contribution < -0.4 is 10.2 Å². The lowest BCUT2D eigenvalue weighted by Gasteiger charge is -2.39. The van der Waals surface area contributed by atoms with Crippen molar-refractivity contribution in [3.63, 3.8) is 0 Å². The Morgan fingerprint density at radius 3 is 2.52 bits per heavy atom. The lowest BCUT2D eigenvalue weighted by Crippen LogP contribution is -2.44. The molecule has 1 aliphatic heterocycles. The van der Waals surface area contributed by atoms with Gasteiger partial charge in [0.1, 0.15) is 5.82 Å². The number of hydrogen-bond acceptors (Lipinski definition) is 2. The van der Waals surface area contributed by atoms with E-state index in [4.69, 9.17) is 0 Å². The van der Waals surface area contributed by atoms with Crippen LogP contribution in [0.15, 0.2) is 72.8 Å². The van der Waals surface area contributed by atoms with Gasteiger partial charge in [0.15, 0.2) is 0 Å². The summed E-state index contributed by atoms with van der Waals surface area (Å²) in [5.41, 5.74) is 6.10. The molecule has 0 radical (unpaired) electrons. The van der Waals surface area contributed by atoms with Gasteiger partial charge in [-0.1, -0.05) is 79.9 Å². The molecule has 1 atom stereocenters. The van der Waals surface area contributed by atoms with Gasteiger partial charge in [-0.2, -0.15) is 0 Å². The first-order valence-corrected chi connectivity index (χ1v) is 12.5. The van der Waals surface area contributed by atoms with Crippen molar-refractivity contribution in [3.8, 4) is 0 Å². The Morgan fingerprint density at radius 2 is 1.67 bits per heavy atom. The van der Waals surface area contributed by atoms with Gasteiger partial charge in [-0.3, -0.25) is 0 Å². The number of para-hydroxylation sites is 1. The molecular formula is C30H35FN2. The number of fused-ring (bicyclic) bond motifs is 1. The standard InChI is InChI=1S/C30H35FN2/c1-33-19-16-25(26-12-3-6-15-29(26)33)21-23-10-9-11-24(20-23)22-32-30(17-7-2-8-18-30)27-13-4-5-14-28(27)31/h3-6,9-15,20,25,32H,2,7-8,16-19,21-22H2,1H3. The van der Waals surface area contributed by atoms with Gasteiger partial charge in [0.25, 0.3) is 0 Å². The molecule has 3 heteroatoms. The molecule has 1 N–H and O–H groups in total. The van der Waals surface area contributed by atoms with Crippen LogP contribution in [0.3, 0.4) is 0 Å². The van der Waals surface area contributed by atoms with Crippen LogP contribution in [0, 0.1) is 5.82 Å². The van der Waals surface area contributed by atoms with Crippen molar-refractivity contribution in [2.24, 2.45) is 0 Å². The average Bonchev–Trinajstić information content (AvgIpc) is 2.86. The Labute approximate surface area is 197 Å². The molecule has 2 aliphatic rings. The van der Waals surface area contributed by atoms with Crippen LogP contribution in [0.2, 0.25) is 0 Å². The molecule has 33 heavy (non-hydrogen) atoms. The summed E-state index contributed by atoms with van der Waals surface area (Å²) in [7, 11) is 2.19. The first kappa shape index (κ1) is 22.2. The van der Waals surface area contributed by atoms with E-state index < -0.39 is 0 Å². The first-order chi connectivity index (χ1) is 16.1. The largest absolute Gasteiger partial charge is 0.374 e. The highest BCUT2D eigenvalue weighted by atomic mass is 19.1. The summed E-state index contributed by atoms with van der Waals surface area (Å²) in [6.45, 7) is 1.88. The molecule has 1 unspecified atom stereocenters. The SMILES string of the molecule is CN1CCC(Cc2cccc(CNC3(c4ccccc4F)CCCCC3)c2)c2ccccc21. The normalized spacial score (nSPS) is 19.8. The van der Waals surface area contributed by atoms with Gasteiger partial charge in [0.05, 0.1) is 0 Å². The number of anilines is 1. The van der Waals surface area contributed by atoms with E-state index >= 15 is 0 Å². The van der Waals surface area contributed by atoms with E-state index in [2.05, 4.69) is 65.8 Å². The lowest BCUT2D eigenvalue weighted by atomic mass is 9.76. The minimum atomic E-state index is -0.257. The number of nitrogens with zero attached hydrogens (tertiary/aromatic N) is 1. The predicted octanol–water partition coefficient (Wildman–Crippen LogP) is 6.94. The molecule has 1 saturated carbocycles. The van der Waals surface area contributed by atoms with E-state index in [1.54, 1.807) is 12.1 Å². The maximum Gasteiger partial charge on any atom is 0.128 e. The highest BCUT2D eigenvalue weighted by Gasteiger charge is 2.35. The topological polar surface area (TPSA) is 15.3 Å². The van der Waals surface area contributed by atoms with Crippen molar-refractivity contribution in [1.29, 1.82) is 0 Å². The van der Waals surface area contributed by atoms with Crippen molar-refractivity contribution in [2.75, 3.05) is 18.5 Å². The van der Waals surface area contributed by atoms with E-state index in [0.29, 0.717) is 5.92 Å². The molecule has 5 rings (SSSR count). The minimum absolute atomic E-state index is 0.0819. The summed E-state index contributed by atoms with van der Waals surface area (Å²) in [6.07, 6.45) is 7.79. The quantitative estimate of drug-likeness (QED) is 0.445. The van der Waals surface area contributed by atoms with Crippen LogP contribution in [0.25, 0.3) is 0 Å². The lowest BCUT2D eigenvalue weighted by molar-refractivity contribution is 0.224. The Balaban J connectivity index is 1.33. The van der Waals surface area contributed by atoms with Crippen molar-refractivity contribution in [2.45, 2.75) is 62.9 Å². The maximum absolute atomic E-state index is 14.8. The maximum atomic E-state index is 14.8. The highest BCUT2D eigenvalue weighted by Crippen LogP contribution is 2.39. The first-order valence-electron chi connectivity index (χ1n) is 12.5. The van der Waals surface area contributed by atoms with Crippen molar-refractivity contribution in [3.05, 3.63) is 101 Å². The van der Waals surface area contributed by atoms with Crippen molar-refractivity contribution in [1.82, 2.24) is 5.32 Å². The Morgan fingerprint density at radius 1 is 0.909 bits per heavy atom. The zero-order valence-electron chi connectivity index (χ0n) is 19.7. The summed E-state index contributed by atoms with van der Waals surface area (Å²) in [5, 5.41) is 3.81. The third-order valence-electron chi connectivity index (χ3n) is 7.80. The Hall–Kier alpha value is -2.65. The van der Waals surface area contributed by atoms with Crippen LogP contribution >= 0.6 is 0 Å². The molecule has 0 bridgehead atoms. The molecule has 0 spiro atoms. The summed E-state index contributed by atoms with van der Waals surface area (Å²) in [4.78, 5) is 2.37. The minimum Gasteiger partial charge on any atom is -0.374 e. The number of benzene rings is 3. The summed E-state index contributed by atoms with van der Waals surface area (Å²) in [6, 6.07) is 25.2. The molecule has 172 valence electrons. The van der Waals surface area contributed by atoms with E-state index in [-0.39, 0.29) is 11.4 Å². The second kappa shape index (κ2) is 9.69. The van der Waals surface area contributed by atoms with E-state index in [0.717, 1.165) is 50.8 Å². The van der Waals surface area contributed by atoms with Gasteiger partial charge in [0, 0.05) is 36.9 Å². The average molecular weight is 443 g/mol. The number of halogens is 1.